The zero-order valence-electron chi connectivity index (χ0n) is 19.6. The van der Waals surface area contributed by atoms with Crippen LogP contribution in [0, 0.1) is 0 Å². The summed E-state index contributed by atoms with van der Waals surface area (Å²) in [5.74, 6) is -2.38. The third-order valence-corrected chi connectivity index (χ3v) is 5.54. The van der Waals surface area contributed by atoms with E-state index in [1.807, 2.05) is 0 Å². The van der Waals surface area contributed by atoms with Crippen LogP contribution in [0.25, 0.3) is 22.3 Å². The second kappa shape index (κ2) is 11.3. The SMILES string of the molecule is CCCCCCc1ccc(O)cc1O.O=c1c(O)c(-c2ccc(O)c(O)c2)oc2cc(O)cc(O)c12. The number of benzene rings is 3. The number of aromatic hydroxyl groups is 7. The molecule has 36 heavy (non-hydrogen) atoms. The third kappa shape index (κ3) is 5.93. The van der Waals surface area contributed by atoms with Crippen LogP contribution in [0.4, 0.5) is 0 Å². The average Bonchev–Trinajstić information content (AvgIpc) is 2.82. The molecule has 1 heterocycles. The highest BCUT2D eigenvalue weighted by Gasteiger charge is 2.19. The minimum atomic E-state index is -0.888. The number of unbranched alkanes of at least 4 members (excludes halogenated alkanes) is 3. The van der Waals surface area contributed by atoms with E-state index in [0.29, 0.717) is 0 Å². The van der Waals surface area contributed by atoms with Crippen molar-refractivity contribution in [3.63, 3.8) is 0 Å². The molecular formula is C27H28O9. The van der Waals surface area contributed by atoms with Crippen molar-refractivity contribution in [3.05, 3.63) is 64.3 Å². The summed E-state index contributed by atoms with van der Waals surface area (Å²) in [7, 11) is 0. The van der Waals surface area contributed by atoms with Gasteiger partial charge in [0.2, 0.25) is 11.2 Å². The Balaban J connectivity index is 0.000000223. The van der Waals surface area contributed by atoms with E-state index in [4.69, 9.17) is 9.52 Å². The van der Waals surface area contributed by atoms with Crippen molar-refractivity contribution < 1.29 is 40.2 Å². The lowest BCUT2D eigenvalue weighted by molar-refractivity contribution is 0.403. The maximum Gasteiger partial charge on any atom is 0.238 e. The first-order valence-corrected chi connectivity index (χ1v) is 11.4. The van der Waals surface area contributed by atoms with E-state index < -0.39 is 22.7 Å². The van der Waals surface area contributed by atoms with Crippen molar-refractivity contribution in [2.45, 2.75) is 39.0 Å². The van der Waals surface area contributed by atoms with Gasteiger partial charge in [-0.1, -0.05) is 32.3 Å². The molecule has 0 atom stereocenters. The highest BCUT2D eigenvalue weighted by Crippen LogP contribution is 2.37. The molecule has 9 nitrogen and oxygen atoms in total. The molecule has 0 spiro atoms. The minimum absolute atomic E-state index is 0.125. The van der Waals surface area contributed by atoms with Crippen LogP contribution in [0.3, 0.4) is 0 Å². The van der Waals surface area contributed by atoms with Gasteiger partial charge in [-0.2, -0.15) is 0 Å². The number of fused-ring (bicyclic) bond motifs is 1. The molecule has 0 radical (unpaired) electrons. The number of phenols is 6. The minimum Gasteiger partial charge on any atom is -0.508 e. The average molecular weight is 497 g/mol. The quantitative estimate of drug-likeness (QED) is 0.140. The fraction of sp³-hybridized carbons (Fsp3) is 0.222. The molecule has 9 heteroatoms. The van der Waals surface area contributed by atoms with Crippen LogP contribution >= 0.6 is 0 Å². The smallest absolute Gasteiger partial charge is 0.238 e. The van der Waals surface area contributed by atoms with Crippen LogP contribution in [-0.4, -0.2) is 35.7 Å². The molecule has 3 aromatic carbocycles. The Hall–Kier alpha value is -4.53. The third-order valence-electron chi connectivity index (χ3n) is 5.54. The van der Waals surface area contributed by atoms with Crippen molar-refractivity contribution in [1.82, 2.24) is 0 Å². The molecule has 0 bridgehead atoms. The fourth-order valence-corrected chi connectivity index (χ4v) is 3.64. The van der Waals surface area contributed by atoms with Gasteiger partial charge in [0.25, 0.3) is 0 Å². The number of hydrogen-bond donors (Lipinski definition) is 7. The van der Waals surface area contributed by atoms with Crippen LogP contribution in [-0.2, 0) is 6.42 Å². The van der Waals surface area contributed by atoms with E-state index >= 15 is 0 Å². The molecule has 0 saturated heterocycles. The summed E-state index contributed by atoms with van der Waals surface area (Å²) < 4.78 is 5.35. The summed E-state index contributed by atoms with van der Waals surface area (Å²) in [6.07, 6.45) is 5.68. The molecule has 0 unspecified atom stereocenters. The summed E-state index contributed by atoms with van der Waals surface area (Å²) in [5, 5.41) is 66.2. The Morgan fingerprint density at radius 2 is 1.42 bits per heavy atom. The first-order valence-electron chi connectivity index (χ1n) is 11.4. The van der Waals surface area contributed by atoms with Gasteiger partial charge in [-0.3, -0.25) is 4.79 Å². The maximum atomic E-state index is 12.1. The molecule has 0 fully saturated rings. The topological polar surface area (TPSA) is 172 Å². The van der Waals surface area contributed by atoms with Crippen molar-refractivity contribution in [1.29, 1.82) is 0 Å². The van der Waals surface area contributed by atoms with Gasteiger partial charge >= 0.3 is 0 Å². The molecule has 0 amide bonds. The van der Waals surface area contributed by atoms with E-state index in [2.05, 4.69) is 6.92 Å². The van der Waals surface area contributed by atoms with Crippen LogP contribution in [0.1, 0.15) is 38.2 Å². The van der Waals surface area contributed by atoms with Gasteiger partial charge in [0.1, 0.15) is 34.0 Å². The fourth-order valence-electron chi connectivity index (χ4n) is 3.64. The number of phenolic OH excluding ortho intramolecular Hbond substituents is 6. The van der Waals surface area contributed by atoms with E-state index in [0.717, 1.165) is 42.7 Å². The van der Waals surface area contributed by atoms with Crippen molar-refractivity contribution in [2.24, 2.45) is 0 Å². The predicted molar refractivity (Wildman–Crippen MR) is 134 cm³/mol. The van der Waals surface area contributed by atoms with Gasteiger partial charge < -0.3 is 40.2 Å². The Bertz CT molecular complexity index is 1420. The number of rotatable bonds is 6. The zero-order valence-corrected chi connectivity index (χ0v) is 19.6. The molecule has 0 saturated carbocycles. The van der Waals surface area contributed by atoms with Crippen LogP contribution in [0.15, 0.2) is 57.7 Å². The largest absolute Gasteiger partial charge is 0.508 e. The molecule has 4 rings (SSSR count). The molecule has 0 aliphatic carbocycles. The molecule has 190 valence electrons. The van der Waals surface area contributed by atoms with Crippen LogP contribution in [0.5, 0.6) is 40.2 Å². The van der Waals surface area contributed by atoms with Gasteiger partial charge in [-0.05, 0) is 42.7 Å². The Morgan fingerprint density at radius 3 is 2.08 bits per heavy atom. The summed E-state index contributed by atoms with van der Waals surface area (Å²) in [4.78, 5) is 12.1. The summed E-state index contributed by atoms with van der Waals surface area (Å²) >= 11 is 0. The van der Waals surface area contributed by atoms with Crippen molar-refractivity contribution in [2.75, 3.05) is 0 Å². The second-order valence-corrected chi connectivity index (χ2v) is 8.27. The van der Waals surface area contributed by atoms with E-state index in [1.165, 1.54) is 31.4 Å². The molecule has 1 aromatic heterocycles. The molecular weight excluding hydrogens is 468 g/mol. The highest BCUT2D eigenvalue weighted by molar-refractivity contribution is 5.88. The lowest BCUT2D eigenvalue weighted by atomic mass is 10.1. The maximum absolute atomic E-state index is 12.1. The Labute approximate surface area is 206 Å². The number of aryl methyl sites for hydroxylation is 1. The second-order valence-electron chi connectivity index (χ2n) is 8.27. The zero-order chi connectivity index (χ0) is 26.4. The standard InChI is InChI=1S/C15H10O7.C12H18O2/c16-7-4-10(19)12-11(5-7)22-15(14(21)13(12)20)6-1-2-8(17)9(18)3-6;1-2-3-4-5-6-10-7-8-11(13)9-12(10)14/h1-5,16-19,21H;7-9,13-14H,2-6H2,1H3. The lowest BCUT2D eigenvalue weighted by Crippen LogP contribution is -2.02. The van der Waals surface area contributed by atoms with Gasteiger partial charge in [-0.25, -0.2) is 0 Å². The van der Waals surface area contributed by atoms with E-state index in [-0.39, 0.29) is 45.3 Å². The first-order chi connectivity index (χ1) is 17.1. The normalized spacial score (nSPS) is 10.7. The van der Waals surface area contributed by atoms with Crippen LogP contribution in [0.2, 0.25) is 0 Å². The molecule has 0 aliphatic heterocycles. The summed E-state index contributed by atoms with van der Waals surface area (Å²) in [6.45, 7) is 2.18. The van der Waals surface area contributed by atoms with Crippen LogP contribution < -0.4 is 5.43 Å². The van der Waals surface area contributed by atoms with Gasteiger partial charge in [0.15, 0.2) is 17.3 Å². The van der Waals surface area contributed by atoms with Gasteiger partial charge in [-0.15, -0.1) is 0 Å². The van der Waals surface area contributed by atoms with E-state index in [9.17, 15) is 35.4 Å². The predicted octanol–water partition coefficient (Wildman–Crippen LogP) is 5.21. The summed E-state index contributed by atoms with van der Waals surface area (Å²) in [5.41, 5.74) is 0.0396. The Morgan fingerprint density at radius 1 is 0.694 bits per heavy atom. The lowest BCUT2D eigenvalue weighted by Gasteiger charge is -2.08. The van der Waals surface area contributed by atoms with Gasteiger partial charge in [0, 0.05) is 23.8 Å². The van der Waals surface area contributed by atoms with E-state index in [1.54, 1.807) is 12.1 Å². The van der Waals surface area contributed by atoms with Crippen molar-refractivity contribution >= 4 is 11.0 Å². The number of hydrogen-bond acceptors (Lipinski definition) is 9. The molecule has 0 aliphatic rings. The Kier molecular flexibility index (Phi) is 8.16. The van der Waals surface area contributed by atoms with Crippen molar-refractivity contribution in [3.8, 4) is 51.6 Å². The van der Waals surface area contributed by atoms with Gasteiger partial charge in [0.05, 0.1) is 0 Å². The monoisotopic (exact) mass is 496 g/mol. The first kappa shape index (κ1) is 26.1. The molecule has 4 aromatic rings. The highest BCUT2D eigenvalue weighted by atomic mass is 16.4. The molecule has 7 N–H and O–H groups in total. The summed E-state index contributed by atoms with van der Waals surface area (Å²) in [6, 6.07) is 10.4.